The Kier molecular flexibility index (Phi) is 1.73. The van der Waals surface area contributed by atoms with Gasteiger partial charge in [0.2, 0.25) is 0 Å². The van der Waals surface area contributed by atoms with Gasteiger partial charge in [-0.05, 0) is 23.1 Å². The van der Waals surface area contributed by atoms with Crippen molar-refractivity contribution in [2.24, 2.45) is 5.92 Å². The third-order valence-electron chi connectivity index (χ3n) is 3.28. The number of carbonyl (C=O) groups is 1. The van der Waals surface area contributed by atoms with Gasteiger partial charge < -0.3 is 10.5 Å². The summed E-state index contributed by atoms with van der Waals surface area (Å²) in [5.41, 5.74) is 11.0. The molecule has 3 aliphatic rings. The highest BCUT2D eigenvalue weighted by Gasteiger charge is 2.32. The second kappa shape index (κ2) is 2.97. The Bertz CT molecular complexity index is 432. The van der Waals surface area contributed by atoms with E-state index < -0.39 is 11.9 Å². The standard InChI is InChI=1S/C11H12N2O2/c14-11(15)8-2-1-6-4-10-7(3-9(6)8)5-12-13-10/h1-2,8,12-13H,3-5H2,(H,14,15). The smallest absolute Gasteiger partial charge is 0.314 e. The summed E-state index contributed by atoms with van der Waals surface area (Å²) in [4.78, 5) is 11.0. The number of hydrogen-bond acceptors (Lipinski definition) is 3. The van der Waals surface area contributed by atoms with Gasteiger partial charge >= 0.3 is 5.97 Å². The molecule has 0 fully saturated rings. The second-order valence-electron chi connectivity index (χ2n) is 4.14. The summed E-state index contributed by atoms with van der Waals surface area (Å²) in [7, 11) is 0. The monoisotopic (exact) mass is 204 g/mol. The van der Waals surface area contributed by atoms with Crippen LogP contribution < -0.4 is 10.9 Å². The van der Waals surface area contributed by atoms with Gasteiger partial charge in [-0.1, -0.05) is 12.2 Å². The number of carboxylic acid groups (broad SMARTS) is 1. The van der Waals surface area contributed by atoms with Crippen LogP contribution in [0.4, 0.5) is 0 Å². The Morgan fingerprint density at radius 3 is 3.13 bits per heavy atom. The van der Waals surface area contributed by atoms with Crippen LogP contribution in [0.3, 0.4) is 0 Å². The highest BCUT2D eigenvalue weighted by atomic mass is 16.4. The first-order chi connectivity index (χ1) is 7.25. The molecule has 3 rings (SSSR count). The SMILES string of the molecule is O=C(O)C1C=CC2=C1CC1=C(C2)NNC1. The van der Waals surface area contributed by atoms with Crippen LogP contribution >= 0.6 is 0 Å². The molecule has 15 heavy (non-hydrogen) atoms. The summed E-state index contributed by atoms with van der Waals surface area (Å²) >= 11 is 0. The zero-order valence-electron chi connectivity index (χ0n) is 8.21. The summed E-state index contributed by atoms with van der Waals surface area (Å²) in [6.45, 7) is 0.832. The van der Waals surface area contributed by atoms with Gasteiger partial charge in [0.15, 0.2) is 0 Å². The maximum absolute atomic E-state index is 11.0. The van der Waals surface area contributed by atoms with E-state index in [9.17, 15) is 4.79 Å². The van der Waals surface area contributed by atoms with Crippen LogP contribution in [0.2, 0.25) is 0 Å². The maximum atomic E-state index is 11.0. The Labute approximate surface area is 87.3 Å². The van der Waals surface area contributed by atoms with Crippen LogP contribution in [0.5, 0.6) is 0 Å². The molecule has 4 heteroatoms. The molecule has 2 aliphatic carbocycles. The van der Waals surface area contributed by atoms with Gasteiger partial charge in [-0.25, -0.2) is 5.43 Å². The number of hydrogen-bond donors (Lipinski definition) is 3. The molecule has 0 saturated carbocycles. The number of rotatable bonds is 1. The molecule has 0 spiro atoms. The van der Waals surface area contributed by atoms with Crippen molar-refractivity contribution in [2.45, 2.75) is 12.8 Å². The molecule has 0 amide bonds. The number of carboxylic acids is 1. The summed E-state index contributed by atoms with van der Waals surface area (Å²) in [5.74, 6) is -1.13. The Balaban J connectivity index is 1.91. The van der Waals surface area contributed by atoms with Crippen LogP contribution in [-0.4, -0.2) is 17.6 Å². The van der Waals surface area contributed by atoms with E-state index in [0.29, 0.717) is 0 Å². The van der Waals surface area contributed by atoms with E-state index in [1.165, 1.54) is 16.8 Å². The number of allylic oxidation sites excluding steroid dienone is 2. The minimum absolute atomic E-state index is 0.394. The predicted molar refractivity (Wildman–Crippen MR) is 54.7 cm³/mol. The summed E-state index contributed by atoms with van der Waals surface area (Å²) < 4.78 is 0. The Hall–Kier alpha value is -1.55. The molecule has 0 bridgehead atoms. The molecule has 0 radical (unpaired) electrons. The van der Waals surface area contributed by atoms with Gasteiger partial charge in [0.1, 0.15) is 0 Å². The molecule has 3 N–H and O–H groups in total. The normalized spacial score (nSPS) is 27.9. The lowest BCUT2D eigenvalue weighted by Gasteiger charge is -2.18. The van der Waals surface area contributed by atoms with E-state index >= 15 is 0 Å². The average Bonchev–Trinajstić information content (AvgIpc) is 2.77. The van der Waals surface area contributed by atoms with Crippen molar-refractivity contribution in [3.05, 3.63) is 34.6 Å². The molecule has 0 aromatic carbocycles. The minimum atomic E-state index is -0.737. The van der Waals surface area contributed by atoms with Gasteiger partial charge in [0.05, 0.1) is 5.92 Å². The lowest BCUT2D eigenvalue weighted by molar-refractivity contribution is -0.138. The van der Waals surface area contributed by atoms with Crippen LogP contribution in [0.15, 0.2) is 34.6 Å². The zero-order chi connectivity index (χ0) is 10.4. The zero-order valence-corrected chi connectivity index (χ0v) is 8.21. The van der Waals surface area contributed by atoms with E-state index in [4.69, 9.17) is 5.11 Å². The van der Waals surface area contributed by atoms with Crippen molar-refractivity contribution < 1.29 is 9.90 Å². The van der Waals surface area contributed by atoms with Gasteiger partial charge in [-0.3, -0.25) is 4.79 Å². The van der Waals surface area contributed by atoms with Crippen molar-refractivity contribution >= 4 is 5.97 Å². The molecule has 1 atom stereocenters. The van der Waals surface area contributed by atoms with Gasteiger partial charge in [-0.15, -0.1) is 0 Å². The van der Waals surface area contributed by atoms with Gasteiger partial charge in [0.25, 0.3) is 0 Å². The average molecular weight is 204 g/mol. The van der Waals surface area contributed by atoms with Gasteiger partial charge in [0, 0.05) is 18.7 Å². The van der Waals surface area contributed by atoms with Crippen molar-refractivity contribution in [3.8, 4) is 0 Å². The van der Waals surface area contributed by atoms with Crippen molar-refractivity contribution in [3.63, 3.8) is 0 Å². The van der Waals surface area contributed by atoms with Crippen LogP contribution in [0, 0.1) is 5.92 Å². The highest BCUT2D eigenvalue weighted by molar-refractivity contribution is 5.78. The number of hydrazine groups is 1. The molecular formula is C11H12N2O2. The fraction of sp³-hybridized carbons (Fsp3) is 0.364. The van der Waals surface area contributed by atoms with E-state index in [2.05, 4.69) is 10.9 Å². The molecule has 1 aliphatic heterocycles. The third kappa shape index (κ3) is 1.22. The summed E-state index contributed by atoms with van der Waals surface area (Å²) in [6, 6.07) is 0. The first kappa shape index (κ1) is 8.73. The van der Waals surface area contributed by atoms with Crippen molar-refractivity contribution in [2.75, 3.05) is 6.54 Å². The molecule has 1 heterocycles. The number of aliphatic carboxylic acids is 1. The summed E-state index contributed by atoms with van der Waals surface area (Å²) in [6.07, 6.45) is 5.40. The minimum Gasteiger partial charge on any atom is -0.481 e. The van der Waals surface area contributed by atoms with Crippen LogP contribution in [0.25, 0.3) is 0 Å². The first-order valence-electron chi connectivity index (χ1n) is 5.08. The molecule has 78 valence electrons. The van der Waals surface area contributed by atoms with E-state index in [1.54, 1.807) is 6.08 Å². The largest absolute Gasteiger partial charge is 0.481 e. The quantitative estimate of drug-likeness (QED) is 0.588. The third-order valence-corrected chi connectivity index (χ3v) is 3.28. The Morgan fingerprint density at radius 2 is 2.33 bits per heavy atom. The maximum Gasteiger partial charge on any atom is 0.314 e. The predicted octanol–water partition coefficient (Wildman–Crippen LogP) is 0.709. The lowest BCUT2D eigenvalue weighted by Crippen LogP contribution is -2.23. The lowest BCUT2D eigenvalue weighted by atomic mass is 9.87. The highest BCUT2D eigenvalue weighted by Crippen LogP contribution is 2.39. The fourth-order valence-electron chi connectivity index (χ4n) is 2.47. The second-order valence-corrected chi connectivity index (χ2v) is 4.14. The van der Waals surface area contributed by atoms with E-state index in [1.807, 2.05) is 6.08 Å². The molecule has 0 aromatic heterocycles. The fourth-order valence-corrected chi connectivity index (χ4v) is 2.47. The van der Waals surface area contributed by atoms with Crippen molar-refractivity contribution in [1.29, 1.82) is 0 Å². The summed E-state index contributed by atoms with van der Waals surface area (Å²) in [5, 5.41) is 9.06. The van der Waals surface area contributed by atoms with Crippen LogP contribution in [0.1, 0.15) is 12.8 Å². The Morgan fingerprint density at radius 1 is 1.47 bits per heavy atom. The topological polar surface area (TPSA) is 61.4 Å². The molecule has 0 saturated heterocycles. The van der Waals surface area contributed by atoms with Crippen LogP contribution in [-0.2, 0) is 4.79 Å². The molecule has 0 aromatic rings. The molecule has 4 nitrogen and oxygen atoms in total. The van der Waals surface area contributed by atoms with Gasteiger partial charge in [-0.2, -0.15) is 0 Å². The molecular weight excluding hydrogens is 192 g/mol. The number of nitrogens with one attached hydrogen (secondary N) is 2. The van der Waals surface area contributed by atoms with E-state index in [0.717, 1.165) is 25.0 Å². The first-order valence-corrected chi connectivity index (χ1v) is 5.08. The van der Waals surface area contributed by atoms with E-state index in [-0.39, 0.29) is 0 Å². The molecule has 1 unspecified atom stereocenters. The van der Waals surface area contributed by atoms with Crippen molar-refractivity contribution in [1.82, 2.24) is 10.9 Å².